The fourth-order valence-corrected chi connectivity index (χ4v) is 4.39. The van der Waals surface area contributed by atoms with Gasteiger partial charge in [-0.15, -0.1) is 5.10 Å². The number of benzene rings is 2. The second kappa shape index (κ2) is 8.66. The molecule has 0 radical (unpaired) electrons. The Hall–Kier alpha value is -3.98. The Balaban J connectivity index is 1.63. The second-order valence-electron chi connectivity index (χ2n) is 8.58. The van der Waals surface area contributed by atoms with Crippen molar-refractivity contribution in [2.75, 3.05) is 12.8 Å². The summed E-state index contributed by atoms with van der Waals surface area (Å²) < 4.78 is 3.48. The SMILES string of the molecule is CCn1ncc(CN(C)C(=O)c2nc(-n3nc(N)c4ccc(C)cc43)nc3ccc(Cl)cc23)c1C. The lowest BCUT2D eigenvalue weighted by molar-refractivity contribution is 0.0781. The first-order valence-electron chi connectivity index (χ1n) is 11.3. The van der Waals surface area contributed by atoms with Crippen molar-refractivity contribution in [2.24, 2.45) is 0 Å². The lowest BCUT2D eigenvalue weighted by Crippen LogP contribution is -2.28. The molecule has 0 bridgehead atoms. The Kier molecular flexibility index (Phi) is 5.64. The summed E-state index contributed by atoms with van der Waals surface area (Å²) in [6.45, 7) is 7.18. The number of nitrogens with two attached hydrogens (primary N) is 1. The van der Waals surface area contributed by atoms with Crippen LogP contribution in [0.1, 0.15) is 34.2 Å². The number of hydrogen-bond acceptors (Lipinski definition) is 6. The van der Waals surface area contributed by atoms with Gasteiger partial charge in [-0.3, -0.25) is 9.48 Å². The normalized spacial score (nSPS) is 11.5. The van der Waals surface area contributed by atoms with Crippen molar-refractivity contribution in [1.29, 1.82) is 0 Å². The van der Waals surface area contributed by atoms with Crippen molar-refractivity contribution >= 4 is 45.1 Å². The maximum Gasteiger partial charge on any atom is 0.273 e. The number of rotatable bonds is 5. The van der Waals surface area contributed by atoms with Crippen LogP contribution in [0.5, 0.6) is 0 Å². The van der Waals surface area contributed by atoms with Crippen LogP contribution in [0.15, 0.2) is 42.6 Å². The van der Waals surface area contributed by atoms with Gasteiger partial charge in [0.15, 0.2) is 5.82 Å². The molecule has 35 heavy (non-hydrogen) atoms. The van der Waals surface area contributed by atoms with Crippen LogP contribution in [-0.4, -0.2) is 47.4 Å². The van der Waals surface area contributed by atoms with Gasteiger partial charge in [0.2, 0.25) is 0 Å². The predicted molar refractivity (Wildman–Crippen MR) is 137 cm³/mol. The van der Waals surface area contributed by atoms with Crippen molar-refractivity contribution < 1.29 is 4.79 Å². The van der Waals surface area contributed by atoms with Crippen LogP contribution in [0.4, 0.5) is 5.82 Å². The van der Waals surface area contributed by atoms with Gasteiger partial charge < -0.3 is 10.6 Å². The predicted octanol–water partition coefficient (Wildman–Crippen LogP) is 4.31. The monoisotopic (exact) mass is 488 g/mol. The highest BCUT2D eigenvalue weighted by Gasteiger charge is 2.22. The van der Waals surface area contributed by atoms with Crippen LogP contribution in [-0.2, 0) is 13.1 Å². The minimum absolute atomic E-state index is 0.241. The molecule has 0 unspecified atom stereocenters. The number of aryl methyl sites for hydroxylation is 2. The van der Waals surface area contributed by atoms with E-state index in [1.807, 2.05) is 43.7 Å². The third-order valence-corrected chi connectivity index (χ3v) is 6.40. The van der Waals surface area contributed by atoms with Crippen LogP contribution in [0.2, 0.25) is 5.02 Å². The van der Waals surface area contributed by atoms with E-state index in [0.717, 1.165) is 34.3 Å². The molecular formula is C25H25ClN8O. The summed E-state index contributed by atoms with van der Waals surface area (Å²) in [7, 11) is 1.74. The number of aromatic nitrogens is 6. The van der Waals surface area contributed by atoms with Gasteiger partial charge in [-0.2, -0.15) is 9.78 Å². The Morgan fingerprint density at radius 3 is 2.66 bits per heavy atom. The average Bonchev–Trinajstić information content (AvgIpc) is 3.36. The summed E-state index contributed by atoms with van der Waals surface area (Å²) in [6, 6.07) is 11.1. The van der Waals surface area contributed by atoms with Gasteiger partial charge in [0.25, 0.3) is 11.9 Å². The summed E-state index contributed by atoms with van der Waals surface area (Å²) in [5.41, 5.74) is 10.8. The molecule has 0 aliphatic carbocycles. The quantitative estimate of drug-likeness (QED) is 0.395. The van der Waals surface area contributed by atoms with Crippen LogP contribution in [0.3, 0.4) is 0 Å². The molecule has 3 heterocycles. The first-order valence-corrected chi connectivity index (χ1v) is 11.6. The molecule has 0 aliphatic rings. The van der Waals surface area contributed by atoms with Gasteiger partial charge >= 0.3 is 0 Å². The van der Waals surface area contributed by atoms with Gasteiger partial charge in [0, 0.05) is 47.2 Å². The Morgan fingerprint density at radius 1 is 1.11 bits per heavy atom. The first-order chi connectivity index (χ1) is 16.8. The Morgan fingerprint density at radius 2 is 1.91 bits per heavy atom. The minimum Gasteiger partial charge on any atom is -0.382 e. The first kappa shape index (κ1) is 22.8. The molecule has 9 nitrogen and oxygen atoms in total. The van der Waals surface area contributed by atoms with Crippen LogP contribution < -0.4 is 5.73 Å². The highest BCUT2D eigenvalue weighted by atomic mass is 35.5. The smallest absolute Gasteiger partial charge is 0.273 e. The van der Waals surface area contributed by atoms with Crippen LogP contribution >= 0.6 is 11.6 Å². The highest BCUT2D eigenvalue weighted by molar-refractivity contribution is 6.31. The summed E-state index contributed by atoms with van der Waals surface area (Å²) >= 11 is 6.27. The fraction of sp³-hybridized carbons (Fsp3) is 0.240. The van der Waals surface area contributed by atoms with Crippen molar-refractivity contribution in [3.8, 4) is 5.95 Å². The highest BCUT2D eigenvalue weighted by Crippen LogP contribution is 2.27. The molecular weight excluding hydrogens is 464 g/mol. The van der Waals surface area contributed by atoms with Gasteiger partial charge in [-0.25, -0.2) is 9.97 Å². The maximum atomic E-state index is 13.7. The van der Waals surface area contributed by atoms with Gasteiger partial charge in [0.05, 0.1) is 17.2 Å². The number of hydrogen-bond donors (Lipinski definition) is 1. The number of carbonyl (C=O) groups is 1. The van der Waals surface area contributed by atoms with E-state index in [2.05, 4.69) is 20.2 Å². The minimum atomic E-state index is -0.259. The van der Waals surface area contributed by atoms with E-state index in [-0.39, 0.29) is 17.5 Å². The van der Waals surface area contributed by atoms with E-state index < -0.39 is 0 Å². The summed E-state index contributed by atoms with van der Waals surface area (Å²) in [5.74, 6) is 0.372. The number of nitrogen functional groups attached to an aromatic ring is 1. The topological polar surface area (TPSA) is 108 Å². The molecule has 0 fully saturated rings. The third-order valence-electron chi connectivity index (χ3n) is 6.16. The molecule has 3 aromatic heterocycles. The van der Waals surface area contributed by atoms with Crippen LogP contribution in [0.25, 0.3) is 27.8 Å². The molecule has 5 rings (SSSR count). The molecule has 0 atom stereocenters. The molecule has 2 N–H and O–H groups in total. The summed E-state index contributed by atoms with van der Waals surface area (Å²) in [5, 5.41) is 10.7. The fourth-order valence-electron chi connectivity index (χ4n) is 4.21. The van der Waals surface area contributed by atoms with Crippen molar-refractivity contribution in [2.45, 2.75) is 33.9 Å². The van der Waals surface area contributed by atoms with Crippen molar-refractivity contribution in [1.82, 2.24) is 34.4 Å². The van der Waals surface area contributed by atoms with E-state index in [9.17, 15) is 4.79 Å². The van der Waals surface area contributed by atoms with Gasteiger partial charge in [0.1, 0.15) is 5.69 Å². The Bertz CT molecular complexity index is 1600. The lowest BCUT2D eigenvalue weighted by atomic mass is 10.1. The molecule has 2 aromatic carbocycles. The van der Waals surface area contributed by atoms with E-state index >= 15 is 0 Å². The van der Waals surface area contributed by atoms with E-state index in [0.29, 0.717) is 28.3 Å². The molecule has 0 saturated heterocycles. The summed E-state index contributed by atoms with van der Waals surface area (Å²) in [4.78, 5) is 24.7. The van der Waals surface area contributed by atoms with Crippen LogP contribution in [0, 0.1) is 13.8 Å². The molecule has 0 spiro atoms. The maximum absolute atomic E-state index is 13.7. The zero-order valence-electron chi connectivity index (χ0n) is 19.9. The lowest BCUT2D eigenvalue weighted by Gasteiger charge is -2.18. The zero-order chi connectivity index (χ0) is 24.9. The van der Waals surface area contributed by atoms with Crippen molar-refractivity contribution in [3.63, 3.8) is 0 Å². The number of nitrogens with zero attached hydrogens (tertiary/aromatic N) is 7. The molecule has 0 saturated carbocycles. The van der Waals surface area contributed by atoms with Gasteiger partial charge in [-0.05, 0) is 56.7 Å². The second-order valence-corrected chi connectivity index (χ2v) is 9.02. The molecule has 5 aromatic rings. The summed E-state index contributed by atoms with van der Waals surface area (Å²) in [6.07, 6.45) is 1.80. The molecule has 10 heteroatoms. The number of halogens is 1. The third kappa shape index (κ3) is 3.97. The van der Waals surface area contributed by atoms with E-state index in [1.54, 1.807) is 41.0 Å². The van der Waals surface area contributed by atoms with E-state index in [1.165, 1.54) is 0 Å². The van der Waals surface area contributed by atoms with E-state index in [4.69, 9.17) is 17.3 Å². The molecule has 1 amide bonds. The number of carbonyl (C=O) groups excluding carboxylic acids is 1. The Labute approximate surface area is 207 Å². The largest absolute Gasteiger partial charge is 0.382 e. The number of amides is 1. The van der Waals surface area contributed by atoms with Gasteiger partial charge in [-0.1, -0.05) is 17.7 Å². The number of anilines is 1. The standard InChI is InChI=1S/C25H25ClN8O/c1-5-33-15(3)16(12-28-33)13-32(4)24(35)22-19-11-17(26)7-9-20(19)29-25(30-22)34-21-10-14(2)6-8-18(21)23(27)31-34/h6-12H,5,13H2,1-4H3,(H2,27,31). The average molecular weight is 489 g/mol. The zero-order valence-corrected chi connectivity index (χ0v) is 20.7. The molecule has 178 valence electrons. The number of fused-ring (bicyclic) bond motifs is 2. The molecule has 0 aliphatic heterocycles. The van der Waals surface area contributed by atoms with Crippen molar-refractivity contribution in [3.05, 3.63) is 70.1 Å².